The molecule has 1 N–H and O–H groups in total. The average molecular weight is 327 g/mol. The number of rotatable bonds is 4. The van der Waals surface area contributed by atoms with Crippen LogP contribution in [0.4, 0.5) is 0 Å². The summed E-state index contributed by atoms with van der Waals surface area (Å²) in [5.74, 6) is 1.80. The van der Waals surface area contributed by atoms with Gasteiger partial charge in [0.15, 0.2) is 5.84 Å². The van der Waals surface area contributed by atoms with Gasteiger partial charge in [-0.1, -0.05) is 0 Å². The lowest BCUT2D eigenvalue weighted by Crippen LogP contribution is -2.43. The second-order valence-corrected chi connectivity index (χ2v) is 6.39. The standard InChI is InChI=1S/C17H21N5O2/c1-10-8-22(9-18-10)14-7-6-13(20-17(14)23-3)16-19-11(2)15(24-21-16)12-4-5-12/h6-9,11-12,15H,4-5H2,1-3H3,(H,19,21)/t11-,15-/m0/s1. The van der Waals surface area contributed by atoms with Gasteiger partial charge in [-0.25, -0.2) is 15.4 Å². The van der Waals surface area contributed by atoms with Crippen LogP contribution in [0.5, 0.6) is 5.88 Å². The molecule has 126 valence electrons. The second kappa shape index (κ2) is 5.90. The van der Waals surface area contributed by atoms with E-state index in [1.807, 2.05) is 29.8 Å². The summed E-state index contributed by atoms with van der Waals surface area (Å²) in [6.07, 6.45) is 6.29. The summed E-state index contributed by atoms with van der Waals surface area (Å²) in [6, 6.07) is 3.98. The summed E-state index contributed by atoms with van der Waals surface area (Å²) in [7, 11) is 1.61. The minimum atomic E-state index is 0.123. The van der Waals surface area contributed by atoms with Gasteiger partial charge in [0.25, 0.3) is 0 Å². The molecule has 0 saturated heterocycles. The van der Waals surface area contributed by atoms with Crippen LogP contribution in [0.15, 0.2) is 29.6 Å². The maximum absolute atomic E-state index is 5.80. The molecule has 0 unspecified atom stereocenters. The summed E-state index contributed by atoms with van der Waals surface area (Å²) in [5, 5.41) is 0. The van der Waals surface area contributed by atoms with Crippen molar-refractivity contribution >= 4 is 5.84 Å². The molecule has 0 radical (unpaired) electrons. The lowest BCUT2D eigenvalue weighted by atomic mass is 10.1. The van der Waals surface area contributed by atoms with Gasteiger partial charge in [0.1, 0.15) is 17.5 Å². The first-order valence-corrected chi connectivity index (χ1v) is 8.21. The molecule has 4 rings (SSSR count). The van der Waals surface area contributed by atoms with Crippen LogP contribution >= 0.6 is 0 Å². The first-order chi connectivity index (χ1) is 11.7. The predicted molar refractivity (Wildman–Crippen MR) is 89.4 cm³/mol. The number of aliphatic imine (C=N–C) groups is 1. The third-order valence-electron chi connectivity index (χ3n) is 4.45. The number of hydrogen-bond donors (Lipinski definition) is 1. The fraction of sp³-hybridized carbons (Fsp3) is 0.471. The SMILES string of the molecule is COc1nc(C2=N[C@@H](C)[C@@H](C3CC3)ON2)ccc1-n1cnc(C)c1. The van der Waals surface area contributed by atoms with E-state index in [0.717, 1.165) is 11.4 Å². The van der Waals surface area contributed by atoms with Crippen molar-refractivity contribution < 1.29 is 9.57 Å². The van der Waals surface area contributed by atoms with Crippen molar-refractivity contribution in [3.8, 4) is 11.6 Å². The van der Waals surface area contributed by atoms with E-state index in [4.69, 9.17) is 14.6 Å². The third kappa shape index (κ3) is 2.75. The Kier molecular flexibility index (Phi) is 3.72. The number of hydrogen-bond acceptors (Lipinski definition) is 6. The van der Waals surface area contributed by atoms with E-state index in [9.17, 15) is 0 Å². The highest BCUT2D eigenvalue weighted by atomic mass is 16.7. The molecule has 2 aromatic heterocycles. The maximum atomic E-state index is 5.80. The van der Waals surface area contributed by atoms with Crippen molar-refractivity contribution in [3.05, 3.63) is 36.0 Å². The molecule has 0 aromatic carbocycles. The Morgan fingerprint density at radius 1 is 1.33 bits per heavy atom. The van der Waals surface area contributed by atoms with E-state index in [-0.39, 0.29) is 12.1 Å². The van der Waals surface area contributed by atoms with Crippen LogP contribution in [0.3, 0.4) is 0 Å². The molecule has 0 bridgehead atoms. The van der Waals surface area contributed by atoms with Gasteiger partial charge in [0.2, 0.25) is 5.88 Å². The molecule has 7 nitrogen and oxygen atoms in total. The summed E-state index contributed by atoms with van der Waals surface area (Å²) < 4.78 is 7.35. The number of nitrogens with zero attached hydrogens (tertiary/aromatic N) is 4. The van der Waals surface area contributed by atoms with Crippen LogP contribution in [0.25, 0.3) is 5.69 Å². The normalized spacial score (nSPS) is 23.5. The second-order valence-electron chi connectivity index (χ2n) is 6.39. The van der Waals surface area contributed by atoms with Crippen molar-refractivity contribution in [1.82, 2.24) is 20.0 Å². The van der Waals surface area contributed by atoms with Crippen molar-refractivity contribution in [2.75, 3.05) is 7.11 Å². The maximum Gasteiger partial charge on any atom is 0.238 e. The molecule has 1 aliphatic carbocycles. The Morgan fingerprint density at radius 3 is 2.79 bits per heavy atom. The van der Waals surface area contributed by atoms with E-state index in [1.54, 1.807) is 13.4 Å². The van der Waals surface area contributed by atoms with E-state index in [2.05, 4.69) is 22.4 Å². The Hall–Kier alpha value is -2.41. The highest BCUT2D eigenvalue weighted by Crippen LogP contribution is 2.37. The number of imidazole rings is 1. The monoisotopic (exact) mass is 327 g/mol. The lowest BCUT2D eigenvalue weighted by molar-refractivity contribution is -0.0250. The van der Waals surface area contributed by atoms with E-state index in [1.165, 1.54) is 12.8 Å². The van der Waals surface area contributed by atoms with Gasteiger partial charge in [-0.15, -0.1) is 0 Å². The first kappa shape index (κ1) is 15.1. The van der Waals surface area contributed by atoms with Gasteiger partial charge in [0.05, 0.1) is 25.2 Å². The largest absolute Gasteiger partial charge is 0.479 e. The molecule has 0 amide bonds. The van der Waals surface area contributed by atoms with Gasteiger partial charge < -0.3 is 9.30 Å². The zero-order chi connectivity index (χ0) is 16.7. The molecule has 2 aromatic rings. The van der Waals surface area contributed by atoms with Crippen LogP contribution in [-0.2, 0) is 4.84 Å². The van der Waals surface area contributed by atoms with Crippen molar-refractivity contribution in [3.63, 3.8) is 0 Å². The van der Waals surface area contributed by atoms with Gasteiger partial charge in [0, 0.05) is 6.20 Å². The smallest absolute Gasteiger partial charge is 0.238 e. The fourth-order valence-electron chi connectivity index (χ4n) is 3.02. The zero-order valence-electron chi connectivity index (χ0n) is 14.1. The Bertz CT molecular complexity index is 781. The van der Waals surface area contributed by atoms with E-state index < -0.39 is 0 Å². The summed E-state index contributed by atoms with van der Waals surface area (Å²) in [6.45, 7) is 4.03. The minimum Gasteiger partial charge on any atom is -0.479 e. The quantitative estimate of drug-likeness (QED) is 0.930. The molecule has 1 saturated carbocycles. The van der Waals surface area contributed by atoms with E-state index >= 15 is 0 Å². The molecular weight excluding hydrogens is 306 g/mol. The van der Waals surface area contributed by atoms with Crippen molar-refractivity contribution in [2.24, 2.45) is 10.9 Å². The number of ether oxygens (including phenoxy) is 1. The fourth-order valence-corrected chi connectivity index (χ4v) is 3.02. The molecule has 1 aliphatic heterocycles. The van der Waals surface area contributed by atoms with Crippen LogP contribution in [-0.4, -0.2) is 39.6 Å². The molecule has 7 heteroatoms. The van der Waals surface area contributed by atoms with Gasteiger partial charge in [-0.05, 0) is 44.7 Å². The van der Waals surface area contributed by atoms with Crippen LogP contribution < -0.4 is 10.2 Å². The zero-order valence-corrected chi connectivity index (χ0v) is 14.1. The molecule has 24 heavy (non-hydrogen) atoms. The van der Waals surface area contributed by atoms with Gasteiger partial charge in [-0.2, -0.15) is 0 Å². The van der Waals surface area contributed by atoms with Crippen molar-refractivity contribution in [2.45, 2.75) is 38.8 Å². The van der Waals surface area contributed by atoms with E-state index in [0.29, 0.717) is 23.3 Å². The van der Waals surface area contributed by atoms with Crippen LogP contribution in [0, 0.1) is 12.8 Å². The molecule has 1 fully saturated rings. The summed E-state index contributed by atoms with van der Waals surface area (Å²) >= 11 is 0. The lowest BCUT2D eigenvalue weighted by Gasteiger charge is -2.27. The molecule has 2 atom stereocenters. The van der Waals surface area contributed by atoms with Gasteiger partial charge in [-0.3, -0.25) is 9.83 Å². The van der Waals surface area contributed by atoms with Crippen LogP contribution in [0.2, 0.25) is 0 Å². The number of aryl methyl sites for hydroxylation is 1. The topological polar surface area (TPSA) is 73.6 Å². The average Bonchev–Trinajstić information content (AvgIpc) is 3.35. The van der Waals surface area contributed by atoms with Crippen LogP contribution in [0.1, 0.15) is 31.2 Å². The minimum absolute atomic E-state index is 0.123. The molecule has 0 spiro atoms. The number of pyridine rings is 1. The number of methoxy groups -OCH3 is 1. The third-order valence-corrected chi connectivity index (χ3v) is 4.45. The Balaban J connectivity index is 1.63. The Morgan fingerprint density at radius 2 is 2.17 bits per heavy atom. The molecule has 2 aliphatic rings. The molecule has 3 heterocycles. The number of aromatic nitrogens is 3. The highest BCUT2D eigenvalue weighted by molar-refractivity contribution is 5.97. The molecular formula is C17H21N5O2. The summed E-state index contributed by atoms with van der Waals surface area (Å²) in [4.78, 5) is 19.3. The Labute approximate surface area is 140 Å². The highest BCUT2D eigenvalue weighted by Gasteiger charge is 2.38. The predicted octanol–water partition coefficient (Wildman–Crippen LogP) is 2.03. The van der Waals surface area contributed by atoms with Crippen molar-refractivity contribution in [1.29, 1.82) is 0 Å². The number of amidine groups is 1. The number of hydroxylamine groups is 1. The summed E-state index contributed by atoms with van der Waals surface area (Å²) in [5.41, 5.74) is 5.44. The first-order valence-electron chi connectivity index (χ1n) is 8.21. The van der Waals surface area contributed by atoms with Gasteiger partial charge >= 0.3 is 0 Å². The number of nitrogens with one attached hydrogen (secondary N) is 1.